The summed E-state index contributed by atoms with van der Waals surface area (Å²) >= 11 is 1.47. The summed E-state index contributed by atoms with van der Waals surface area (Å²) in [7, 11) is 0. The summed E-state index contributed by atoms with van der Waals surface area (Å²) in [5.41, 5.74) is 7.53. The molecule has 2 heterocycles. The molecular formula is C17H20N2O3S. The zero-order valence-corrected chi connectivity index (χ0v) is 14.3. The van der Waals surface area contributed by atoms with E-state index >= 15 is 0 Å². The fraction of sp³-hybridized carbons (Fsp3) is 0.412. The van der Waals surface area contributed by atoms with Gasteiger partial charge in [-0.15, -0.1) is 11.3 Å². The van der Waals surface area contributed by atoms with Gasteiger partial charge in [0.25, 0.3) is 11.8 Å². The number of hydrogen-bond acceptors (Lipinski definition) is 4. The van der Waals surface area contributed by atoms with E-state index < -0.39 is 5.91 Å². The van der Waals surface area contributed by atoms with Crippen LogP contribution in [0.15, 0.2) is 10.5 Å². The van der Waals surface area contributed by atoms with Gasteiger partial charge in [0.2, 0.25) is 0 Å². The highest BCUT2D eigenvalue weighted by atomic mass is 32.1. The van der Waals surface area contributed by atoms with E-state index in [1.54, 1.807) is 19.9 Å². The summed E-state index contributed by atoms with van der Waals surface area (Å²) in [5, 5.41) is 3.41. The number of rotatable bonds is 3. The number of amides is 2. The molecule has 6 heteroatoms. The highest BCUT2D eigenvalue weighted by Gasteiger charge is 2.27. The van der Waals surface area contributed by atoms with Gasteiger partial charge in [0.1, 0.15) is 16.5 Å². The quantitative estimate of drug-likeness (QED) is 0.903. The molecule has 0 fully saturated rings. The Balaban J connectivity index is 1.95. The van der Waals surface area contributed by atoms with Crippen LogP contribution in [0.5, 0.6) is 0 Å². The van der Waals surface area contributed by atoms with Crippen LogP contribution in [0.4, 0.5) is 5.00 Å². The zero-order valence-electron chi connectivity index (χ0n) is 13.5. The van der Waals surface area contributed by atoms with Gasteiger partial charge in [0.15, 0.2) is 0 Å². The molecule has 0 radical (unpaired) electrons. The van der Waals surface area contributed by atoms with Crippen LogP contribution in [0.25, 0.3) is 0 Å². The first-order chi connectivity index (χ1) is 10.9. The van der Waals surface area contributed by atoms with E-state index in [2.05, 4.69) is 12.2 Å². The molecule has 0 saturated heterocycles. The molecule has 0 spiro atoms. The molecule has 2 amide bonds. The Morgan fingerprint density at radius 1 is 1.39 bits per heavy atom. The average molecular weight is 332 g/mol. The van der Waals surface area contributed by atoms with E-state index in [1.807, 2.05) is 0 Å². The number of nitrogens with two attached hydrogens (primary N) is 1. The molecule has 2 aromatic heterocycles. The first-order valence-corrected chi connectivity index (χ1v) is 8.51. The van der Waals surface area contributed by atoms with Crippen molar-refractivity contribution in [1.82, 2.24) is 0 Å². The molecule has 1 unspecified atom stereocenters. The van der Waals surface area contributed by atoms with Crippen LogP contribution in [0.3, 0.4) is 0 Å². The van der Waals surface area contributed by atoms with Crippen LogP contribution in [-0.4, -0.2) is 11.8 Å². The average Bonchev–Trinajstić information content (AvgIpc) is 2.97. The summed E-state index contributed by atoms with van der Waals surface area (Å²) in [4.78, 5) is 25.5. The second-order valence-corrected chi connectivity index (χ2v) is 7.31. The number of furan rings is 1. The van der Waals surface area contributed by atoms with Crippen LogP contribution in [0.2, 0.25) is 0 Å². The number of fused-ring (bicyclic) bond motifs is 1. The molecule has 3 N–H and O–H groups in total. The monoisotopic (exact) mass is 332 g/mol. The summed E-state index contributed by atoms with van der Waals surface area (Å²) < 4.78 is 5.40. The van der Waals surface area contributed by atoms with E-state index in [0.29, 0.717) is 33.6 Å². The van der Waals surface area contributed by atoms with E-state index in [0.717, 1.165) is 29.7 Å². The van der Waals surface area contributed by atoms with Crippen LogP contribution in [0.1, 0.15) is 56.0 Å². The Kier molecular flexibility index (Phi) is 4.02. The molecule has 1 aliphatic carbocycles. The summed E-state index contributed by atoms with van der Waals surface area (Å²) in [6, 6.07) is 1.70. The SMILES string of the molecule is Cc1cc(C(=O)Nc2sc3c(c2C(N)=O)CCC(C)C3)c(C)o1. The number of carbonyl (C=O) groups excluding carboxylic acids is 2. The second-order valence-electron chi connectivity index (χ2n) is 6.20. The standard InChI is InChI=1S/C17H20N2O3S/c1-8-4-5-11-13(6-8)23-17(14(11)15(18)20)19-16(21)12-7-9(2)22-10(12)3/h7-8H,4-6H2,1-3H3,(H2,18,20)(H,19,21). The van der Waals surface area contributed by atoms with Crippen molar-refractivity contribution in [3.05, 3.63) is 39.2 Å². The zero-order chi connectivity index (χ0) is 16.7. The van der Waals surface area contributed by atoms with Gasteiger partial charge in [-0.3, -0.25) is 9.59 Å². The largest absolute Gasteiger partial charge is 0.466 e. The van der Waals surface area contributed by atoms with Crippen LogP contribution >= 0.6 is 11.3 Å². The number of thiophene rings is 1. The lowest BCUT2D eigenvalue weighted by Crippen LogP contribution is -2.19. The Hall–Kier alpha value is -2.08. The third-order valence-electron chi connectivity index (χ3n) is 4.27. The molecular weight excluding hydrogens is 312 g/mol. The third-order valence-corrected chi connectivity index (χ3v) is 5.44. The molecule has 122 valence electrons. The van der Waals surface area contributed by atoms with Crippen molar-refractivity contribution >= 4 is 28.2 Å². The molecule has 0 bridgehead atoms. The topological polar surface area (TPSA) is 85.3 Å². The van der Waals surface area contributed by atoms with Gasteiger partial charge < -0.3 is 15.5 Å². The molecule has 0 aliphatic heterocycles. The molecule has 3 rings (SSSR count). The molecule has 0 aromatic carbocycles. The predicted octanol–water partition coefficient (Wildman–Crippen LogP) is 3.43. The number of aryl methyl sites for hydroxylation is 2. The number of primary amides is 1. The van der Waals surface area contributed by atoms with Crippen molar-refractivity contribution in [1.29, 1.82) is 0 Å². The van der Waals surface area contributed by atoms with E-state index in [-0.39, 0.29) is 5.91 Å². The number of hydrogen-bond donors (Lipinski definition) is 2. The van der Waals surface area contributed by atoms with Crippen LogP contribution in [-0.2, 0) is 12.8 Å². The number of anilines is 1. The summed E-state index contributed by atoms with van der Waals surface area (Å²) in [6.45, 7) is 5.74. The third kappa shape index (κ3) is 2.91. The minimum Gasteiger partial charge on any atom is -0.466 e. The molecule has 0 saturated carbocycles. The highest BCUT2D eigenvalue weighted by molar-refractivity contribution is 7.17. The minimum absolute atomic E-state index is 0.270. The second kappa shape index (κ2) is 5.85. The van der Waals surface area contributed by atoms with Crippen LogP contribution < -0.4 is 11.1 Å². The van der Waals surface area contributed by atoms with Gasteiger partial charge in [-0.1, -0.05) is 6.92 Å². The summed E-state index contributed by atoms with van der Waals surface area (Å²) in [5.74, 6) is 1.09. The van der Waals surface area contributed by atoms with Crippen molar-refractivity contribution in [2.24, 2.45) is 11.7 Å². The van der Waals surface area contributed by atoms with E-state index in [4.69, 9.17) is 10.2 Å². The first kappa shape index (κ1) is 15.8. The molecule has 23 heavy (non-hydrogen) atoms. The normalized spacial score (nSPS) is 16.9. The molecule has 2 aromatic rings. The smallest absolute Gasteiger partial charge is 0.259 e. The number of nitrogens with one attached hydrogen (secondary N) is 1. The lowest BCUT2D eigenvalue weighted by atomic mass is 9.88. The maximum atomic E-state index is 12.5. The fourth-order valence-electron chi connectivity index (χ4n) is 3.13. The highest BCUT2D eigenvalue weighted by Crippen LogP contribution is 2.39. The molecule has 1 aliphatic rings. The van der Waals surface area contributed by atoms with Crippen LogP contribution in [0, 0.1) is 19.8 Å². The van der Waals surface area contributed by atoms with Crippen molar-refractivity contribution in [3.63, 3.8) is 0 Å². The van der Waals surface area contributed by atoms with Gasteiger partial charge in [0.05, 0.1) is 11.1 Å². The molecule has 5 nitrogen and oxygen atoms in total. The van der Waals surface area contributed by atoms with Crippen molar-refractivity contribution < 1.29 is 14.0 Å². The van der Waals surface area contributed by atoms with Crippen molar-refractivity contribution in [3.8, 4) is 0 Å². The van der Waals surface area contributed by atoms with Gasteiger partial charge in [-0.25, -0.2) is 0 Å². The Bertz CT molecular complexity index is 788. The Morgan fingerprint density at radius 3 is 2.74 bits per heavy atom. The predicted molar refractivity (Wildman–Crippen MR) is 90.2 cm³/mol. The van der Waals surface area contributed by atoms with E-state index in [1.165, 1.54) is 11.3 Å². The lowest BCUT2D eigenvalue weighted by molar-refractivity contribution is 0.1000. The van der Waals surface area contributed by atoms with Gasteiger partial charge in [-0.05, 0) is 50.7 Å². The Morgan fingerprint density at radius 2 is 2.13 bits per heavy atom. The fourth-order valence-corrected chi connectivity index (χ4v) is 4.54. The number of carbonyl (C=O) groups is 2. The Labute approximate surface area is 138 Å². The van der Waals surface area contributed by atoms with Crippen molar-refractivity contribution in [2.75, 3.05) is 5.32 Å². The summed E-state index contributed by atoms with van der Waals surface area (Å²) in [6.07, 6.45) is 2.81. The lowest BCUT2D eigenvalue weighted by Gasteiger charge is -2.18. The maximum Gasteiger partial charge on any atom is 0.259 e. The van der Waals surface area contributed by atoms with Gasteiger partial charge in [0, 0.05) is 4.88 Å². The maximum absolute atomic E-state index is 12.5. The van der Waals surface area contributed by atoms with Crippen molar-refractivity contribution in [2.45, 2.75) is 40.0 Å². The van der Waals surface area contributed by atoms with E-state index in [9.17, 15) is 9.59 Å². The molecule has 1 atom stereocenters. The van der Waals surface area contributed by atoms with Gasteiger partial charge >= 0.3 is 0 Å². The minimum atomic E-state index is -0.479. The van der Waals surface area contributed by atoms with Gasteiger partial charge in [-0.2, -0.15) is 0 Å². The first-order valence-electron chi connectivity index (χ1n) is 7.69.